The maximum absolute atomic E-state index is 12.2. The van der Waals surface area contributed by atoms with Crippen molar-refractivity contribution in [3.63, 3.8) is 0 Å². The van der Waals surface area contributed by atoms with Crippen molar-refractivity contribution >= 4 is 20.0 Å². The van der Waals surface area contributed by atoms with E-state index in [1.807, 2.05) is 0 Å². The van der Waals surface area contributed by atoms with Gasteiger partial charge in [0.15, 0.2) is 9.84 Å². The molecule has 3 rings (SSSR count). The molecule has 1 aliphatic carbocycles. The van der Waals surface area contributed by atoms with Gasteiger partial charge in [0, 0.05) is 0 Å². The van der Waals surface area contributed by atoms with Gasteiger partial charge in [0.25, 0.3) is 0 Å². The van der Waals surface area contributed by atoms with Crippen LogP contribution in [0, 0.1) is 5.92 Å². The standard InChI is InChI=1S/C17H18O6S2/c1-24(18,19)23-16-6-4-14(5-7-16)22-15-8-10-17(11-9-15)25(20,21)12-13-2-3-13/h4-11,13H,2-3,12H2,1H3. The van der Waals surface area contributed by atoms with Crippen LogP contribution in [0.2, 0.25) is 0 Å². The Labute approximate surface area is 147 Å². The van der Waals surface area contributed by atoms with E-state index < -0.39 is 20.0 Å². The normalized spacial score (nSPS) is 14.9. The molecule has 0 atom stereocenters. The van der Waals surface area contributed by atoms with Gasteiger partial charge < -0.3 is 8.92 Å². The maximum atomic E-state index is 12.2. The highest BCUT2D eigenvalue weighted by Gasteiger charge is 2.28. The molecule has 2 aromatic rings. The Morgan fingerprint density at radius 1 is 0.840 bits per heavy atom. The van der Waals surface area contributed by atoms with E-state index in [1.165, 1.54) is 24.3 Å². The van der Waals surface area contributed by atoms with Crippen molar-refractivity contribution < 1.29 is 25.8 Å². The van der Waals surface area contributed by atoms with Crippen LogP contribution in [-0.2, 0) is 20.0 Å². The highest BCUT2D eigenvalue weighted by atomic mass is 32.2. The molecule has 6 nitrogen and oxygen atoms in total. The predicted molar refractivity (Wildman–Crippen MR) is 93.2 cm³/mol. The Morgan fingerprint density at radius 3 is 1.80 bits per heavy atom. The first kappa shape index (κ1) is 17.8. The van der Waals surface area contributed by atoms with Crippen molar-refractivity contribution in [1.82, 2.24) is 0 Å². The lowest BCUT2D eigenvalue weighted by atomic mass is 10.3. The predicted octanol–water partition coefficient (Wildman–Crippen LogP) is 3.00. The molecule has 0 radical (unpaired) electrons. The monoisotopic (exact) mass is 382 g/mol. The van der Waals surface area contributed by atoms with E-state index in [0.717, 1.165) is 19.1 Å². The lowest BCUT2D eigenvalue weighted by Gasteiger charge is -2.08. The van der Waals surface area contributed by atoms with Crippen LogP contribution in [0.3, 0.4) is 0 Å². The van der Waals surface area contributed by atoms with Crippen LogP contribution in [-0.4, -0.2) is 28.8 Å². The summed E-state index contributed by atoms with van der Waals surface area (Å²) in [5.74, 6) is 1.66. The van der Waals surface area contributed by atoms with Crippen LogP contribution in [0.1, 0.15) is 12.8 Å². The third-order valence-corrected chi connectivity index (χ3v) is 6.04. The van der Waals surface area contributed by atoms with Crippen molar-refractivity contribution in [3.8, 4) is 17.2 Å². The Balaban J connectivity index is 1.67. The van der Waals surface area contributed by atoms with Crippen LogP contribution in [0.5, 0.6) is 17.2 Å². The Hall–Kier alpha value is -2.06. The molecule has 0 aromatic heterocycles. The lowest BCUT2D eigenvalue weighted by Crippen LogP contribution is -2.08. The zero-order valence-electron chi connectivity index (χ0n) is 13.6. The molecule has 0 unspecified atom stereocenters. The fraction of sp³-hybridized carbons (Fsp3) is 0.294. The maximum Gasteiger partial charge on any atom is 0.306 e. The fourth-order valence-corrected chi connectivity index (χ4v) is 4.44. The van der Waals surface area contributed by atoms with E-state index in [9.17, 15) is 16.8 Å². The molecule has 1 saturated carbocycles. The van der Waals surface area contributed by atoms with Gasteiger partial charge in [-0.3, -0.25) is 0 Å². The minimum Gasteiger partial charge on any atom is -0.457 e. The van der Waals surface area contributed by atoms with Crippen LogP contribution in [0.25, 0.3) is 0 Å². The summed E-state index contributed by atoms with van der Waals surface area (Å²) in [7, 11) is -6.81. The van der Waals surface area contributed by atoms with Gasteiger partial charge in [-0.15, -0.1) is 0 Å². The number of benzene rings is 2. The van der Waals surface area contributed by atoms with E-state index in [2.05, 4.69) is 0 Å². The highest BCUT2D eigenvalue weighted by molar-refractivity contribution is 7.91. The Kier molecular flexibility index (Phi) is 4.75. The average molecular weight is 382 g/mol. The molecule has 25 heavy (non-hydrogen) atoms. The van der Waals surface area contributed by atoms with Crippen molar-refractivity contribution in [2.75, 3.05) is 12.0 Å². The molecule has 1 fully saturated rings. The summed E-state index contributed by atoms with van der Waals surface area (Å²) in [5, 5.41) is 0. The van der Waals surface area contributed by atoms with Gasteiger partial charge >= 0.3 is 10.1 Å². The van der Waals surface area contributed by atoms with Crippen molar-refractivity contribution in [2.24, 2.45) is 5.92 Å². The number of ether oxygens (including phenoxy) is 1. The molecule has 0 heterocycles. The van der Waals surface area contributed by atoms with Gasteiger partial charge in [-0.2, -0.15) is 8.42 Å². The van der Waals surface area contributed by atoms with Gasteiger partial charge in [0.2, 0.25) is 0 Å². The van der Waals surface area contributed by atoms with Crippen molar-refractivity contribution in [1.29, 1.82) is 0 Å². The Morgan fingerprint density at radius 2 is 1.32 bits per heavy atom. The highest BCUT2D eigenvalue weighted by Crippen LogP contribution is 2.33. The summed E-state index contributed by atoms with van der Waals surface area (Å²) in [6.07, 6.45) is 2.94. The number of hydrogen-bond donors (Lipinski definition) is 0. The SMILES string of the molecule is CS(=O)(=O)Oc1ccc(Oc2ccc(S(=O)(=O)CC3CC3)cc2)cc1. The van der Waals surface area contributed by atoms with E-state index >= 15 is 0 Å². The number of rotatable bonds is 7. The number of sulfone groups is 1. The van der Waals surface area contributed by atoms with Gasteiger partial charge in [-0.05, 0) is 67.3 Å². The molecule has 0 amide bonds. The summed E-state index contributed by atoms with van der Waals surface area (Å²) in [5.41, 5.74) is 0. The van der Waals surface area contributed by atoms with Crippen LogP contribution in [0.4, 0.5) is 0 Å². The first-order chi connectivity index (χ1) is 11.7. The van der Waals surface area contributed by atoms with E-state index in [0.29, 0.717) is 22.3 Å². The molecule has 1 aliphatic rings. The summed E-state index contributed by atoms with van der Waals surface area (Å²) >= 11 is 0. The van der Waals surface area contributed by atoms with Gasteiger partial charge in [-0.25, -0.2) is 8.42 Å². The molecule has 8 heteroatoms. The van der Waals surface area contributed by atoms with Gasteiger partial charge in [0.05, 0.1) is 16.9 Å². The van der Waals surface area contributed by atoms with E-state index in [4.69, 9.17) is 8.92 Å². The minimum absolute atomic E-state index is 0.191. The second kappa shape index (κ2) is 6.68. The molecular weight excluding hydrogens is 364 g/mol. The van der Waals surface area contributed by atoms with Gasteiger partial charge in [0.1, 0.15) is 17.2 Å². The fourth-order valence-electron chi connectivity index (χ4n) is 2.28. The average Bonchev–Trinajstić information content (AvgIpc) is 3.32. The molecule has 0 N–H and O–H groups in total. The molecule has 0 spiro atoms. The summed E-state index contributed by atoms with van der Waals surface area (Å²) in [6.45, 7) is 0. The molecule has 0 aliphatic heterocycles. The first-order valence-electron chi connectivity index (χ1n) is 7.71. The topological polar surface area (TPSA) is 86.7 Å². The Bertz CT molecular complexity index is 941. The largest absolute Gasteiger partial charge is 0.457 e. The number of hydrogen-bond acceptors (Lipinski definition) is 6. The summed E-state index contributed by atoms with van der Waals surface area (Å²) in [6, 6.07) is 12.4. The van der Waals surface area contributed by atoms with Gasteiger partial charge in [-0.1, -0.05) is 0 Å². The van der Waals surface area contributed by atoms with Crippen LogP contribution < -0.4 is 8.92 Å². The summed E-state index contributed by atoms with van der Waals surface area (Å²) < 4.78 is 56.9. The second-order valence-corrected chi connectivity index (χ2v) is 9.67. The third kappa shape index (κ3) is 5.20. The smallest absolute Gasteiger partial charge is 0.306 e. The molecule has 134 valence electrons. The van der Waals surface area contributed by atoms with E-state index in [1.54, 1.807) is 24.3 Å². The molecular formula is C17H18O6S2. The van der Waals surface area contributed by atoms with Crippen LogP contribution >= 0.6 is 0 Å². The van der Waals surface area contributed by atoms with E-state index in [-0.39, 0.29) is 11.5 Å². The minimum atomic E-state index is -3.57. The zero-order chi connectivity index (χ0) is 18.1. The first-order valence-corrected chi connectivity index (χ1v) is 11.2. The third-order valence-electron chi connectivity index (χ3n) is 3.64. The quantitative estimate of drug-likeness (QED) is 0.684. The second-order valence-electron chi connectivity index (χ2n) is 6.06. The van der Waals surface area contributed by atoms with Crippen molar-refractivity contribution in [3.05, 3.63) is 48.5 Å². The molecule has 0 saturated heterocycles. The molecule has 0 bridgehead atoms. The van der Waals surface area contributed by atoms with Crippen LogP contribution in [0.15, 0.2) is 53.4 Å². The molecule has 2 aromatic carbocycles. The van der Waals surface area contributed by atoms with Crippen molar-refractivity contribution in [2.45, 2.75) is 17.7 Å². The zero-order valence-corrected chi connectivity index (χ0v) is 15.2. The lowest BCUT2D eigenvalue weighted by molar-refractivity contribution is 0.476. The summed E-state index contributed by atoms with van der Waals surface area (Å²) in [4.78, 5) is 0.295.